The van der Waals surface area contributed by atoms with E-state index in [1.54, 1.807) is 24.3 Å². The molecule has 0 saturated carbocycles. The Morgan fingerprint density at radius 2 is 2.10 bits per heavy atom. The molecule has 1 aromatic rings. The quantitative estimate of drug-likeness (QED) is 0.744. The fourth-order valence-electron chi connectivity index (χ4n) is 1.93. The van der Waals surface area contributed by atoms with Crippen molar-refractivity contribution < 1.29 is 13.2 Å². The minimum Gasteiger partial charge on any atom is -0.492 e. The lowest BCUT2D eigenvalue weighted by Gasteiger charge is -2.11. The normalized spacial score (nSPS) is 19.1. The van der Waals surface area contributed by atoms with E-state index in [1.807, 2.05) is 11.8 Å². The SMILES string of the molecule is Nc1ccc(OCCS(=O)(=O)NCC2CCCS2)cc1. The molecule has 0 aromatic heterocycles. The lowest BCUT2D eigenvalue weighted by molar-refractivity contribution is 0.340. The number of sulfonamides is 1. The van der Waals surface area contributed by atoms with E-state index in [9.17, 15) is 8.42 Å². The van der Waals surface area contributed by atoms with Gasteiger partial charge >= 0.3 is 0 Å². The zero-order chi connectivity index (χ0) is 14.4. The van der Waals surface area contributed by atoms with Gasteiger partial charge in [0.05, 0.1) is 5.75 Å². The van der Waals surface area contributed by atoms with Gasteiger partial charge in [-0.3, -0.25) is 0 Å². The monoisotopic (exact) mass is 316 g/mol. The molecule has 1 saturated heterocycles. The molecule has 0 aliphatic carbocycles. The summed E-state index contributed by atoms with van der Waals surface area (Å²) in [6, 6.07) is 6.90. The number of rotatable bonds is 7. The number of nitrogens with one attached hydrogen (secondary N) is 1. The first-order chi connectivity index (χ1) is 9.55. The third-order valence-corrected chi connectivity index (χ3v) is 5.76. The van der Waals surface area contributed by atoms with E-state index in [4.69, 9.17) is 10.5 Å². The molecule has 0 radical (unpaired) electrons. The molecule has 20 heavy (non-hydrogen) atoms. The first kappa shape index (κ1) is 15.5. The van der Waals surface area contributed by atoms with Crippen molar-refractivity contribution in [3.8, 4) is 5.75 Å². The lowest BCUT2D eigenvalue weighted by Crippen LogP contribution is -2.33. The molecule has 1 unspecified atom stereocenters. The standard InChI is InChI=1S/C13H20N2O3S2/c14-11-3-5-12(6-4-11)18-7-9-20(16,17)15-10-13-2-1-8-19-13/h3-6,13,15H,1-2,7-10,14H2. The summed E-state index contributed by atoms with van der Waals surface area (Å²) in [4.78, 5) is 0. The number of hydrogen-bond donors (Lipinski definition) is 2. The molecule has 1 aliphatic heterocycles. The second-order valence-corrected chi connectivity index (χ2v) is 8.05. The molecule has 7 heteroatoms. The highest BCUT2D eigenvalue weighted by Crippen LogP contribution is 2.25. The summed E-state index contributed by atoms with van der Waals surface area (Å²) < 4.78 is 31.7. The van der Waals surface area contributed by atoms with Gasteiger partial charge in [-0.05, 0) is 42.9 Å². The molecule has 0 spiro atoms. The first-order valence-electron chi connectivity index (χ1n) is 6.62. The van der Waals surface area contributed by atoms with Crippen LogP contribution in [-0.4, -0.2) is 38.3 Å². The fourth-order valence-corrected chi connectivity index (χ4v) is 4.14. The minimum absolute atomic E-state index is 0.0330. The van der Waals surface area contributed by atoms with Crippen molar-refractivity contribution in [2.24, 2.45) is 0 Å². The smallest absolute Gasteiger partial charge is 0.214 e. The summed E-state index contributed by atoms with van der Waals surface area (Å²) in [6.45, 7) is 0.659. The van der Waals surface area contributed by atoms with E-state index >= 15 is 0 Å². The van der Waals surface area contributed by atoms with Crippen molar-refractivity contribution in [2.45, 2.75) is 18.1 Å². The molecule has 1 aromatic carbocycles. The number of nitrogen functional groups attached to an aromatic ring is 1. The maximum atomic E-state index is 11.8. The van der Waals surface area contributed by atoms with Crippen molar-refractivity contribution >= 4 is 27.5 Å². The number of nitrogens with two attached hydrogens (primary N) is 1. The molecule has 1 atom stereocenters. The van der Waals surface area contributed by atoms with Gasteiger partial charge in [-0.15, -0.1) is 0 Å². The Kier molecular flexibility index (Phi) is 5.56. The van der Waals surface area contributed by atoms with Gasteiger partial charge in [0, 0.05) is 17.5 Å². The Hall–Kier alpha value is -0.920. The molecule has 3 N–H and O–H groups in total. The van der Waals surface area contributed by atoms with Crippen LogP contribution in [0.2, 0.25) is 0 Å². The molecule has 5 nitrogen and oxygen atoms in total. The van der Waals surface area contributed by atoms with E-state index < -0.39 is 10.0 Å². The van der Waals surface area contributed by atoms with Crippen molar-refractivity contribution in [1.29, 1.82) is 0 Å². The molecule has 2 rings (SSSR count). The van der Waals surface area contributed by atoms with Gasteiger partial charge in [-0.25, -0.2) is 13.1 Å². The summed E-state index contributed by atoms with van der Waals surface area (Å²) in [7, 11) is -3.26. The zero-order valence-electron chi connectivity index (χ0n) is 11.2. The molecule has 0 bridgehead atoms. The van der Waals surface area contributed by atoms with E-state index in [2.05, 4.69) is 4.72 Å². The molecular formula is C13H20N2O3S2. The fraction of sp³-hybridized carbons (Fsp3) is 0.538. The van der Waals surface area contributed by atoms with E-state index in [0.29, 0.717) is 23.2 Å². The Labute approximate surface area is 124 Å². The summed E-state index contributed by atoms with van der Waals surface area (Å²) in [5.74, 6) is 1.72. The van der Waals surface area contributed by atoms with Crippen molar-refractivity contribution in [3.05, 3.63) is 24.3 Å². The topological polar surface area (TPSA) is 81.4 Å². The highest BCUT2D eigenvalue weighted by Gasteiger charge is 2.18. The maximum absolute atomic E-state index is 11.8. The van der Waals surface area contributed by atoms with Gasteiger partial charge < -0.3 is 10.5 Å². The van der Waals surface area contributed by atoms with Crippen LogP contribution in [0.25, 0.3) is 0 Å². The third-order valence-electron chi connectivity index (χ3n) is 3.06. The Bertz CT molecular complexity index is 511. The van der Waals surface area contributed by atoms with Crippen molar-refractivity contribution in [3.63, 3.8) is 0 Å². The Morgan fingerprint density at radius 1 is 1.35 bits per heavy atom. The van der Waals surface area contributed by atoms with E-state index in [1.165, 1.54) is 6.42 Å². The Morgan fingerprint density at radius 3 is 2.75 bits per heavy atom. The minimum atomic E-state index is -3.26. The van der Waals surface area contributed by atoms with E-state index in [-0.39, 0.29) is 12.4 Å². The van der Waals surface area contributed by atoms with Crippen LogP contribution >= 0.6 is 11.8 Å². The molecule has 1 fully saturated rings. The van der Waals surface area contributed by atoms with Crippen LogP contribution in [-0.2, 0) is 10.0 Å². The van der Waals surface area contributed by atoms with Crippen molar-refractivity contribution in [1.82, 2.24) is 4.72 Å². The molecule has 0 amide bonds. The van der Waals surface area contributed by atoms with Gasteiger partial charge in [0.1, 0.15) is 12.4 Å². The number of thioether (sulfide) groups is 1. The van der Waals surface area contributed by atoms with Gasteiger partial charge in [-0.1, -0.05) is 0 Å². The number of benzene rings is 1. The summed E-state index contributed by atoms with van der Waals surface area (Å²) in [5.41, 5.74) is 6.21. The zero-order valence-corrected chi connectivity index (χ0v) is 12.9. The number of hydrogen-bond acceptors (Lipinski definition) is 5. The van der Waals surface area contributed by atoms with Crippen LogP contribution in [0, 0.1) is 0 Å². The van der Waals surface area contributed by atoms with Crippen LogP contribution in [0.4, 0.5) is 5.69 Å². The van der Waals surface area contributed by atoms with Gasteiger partial charge in [-0.2, -0.15) is 11.8 Å². The second kappa shape index (κ2) is 7.19. The first-order valence-corrected chi connectivity index (χ1v) is 9.32. The lowest BCUT2D eigenvalue weighted by atomic mass is 10.2. The van der Waals surface area contributed by atoms with Gasteiger partial charge in [0.2, 0.25) is 10.0 Å². The van der Waals surface area contributed by atoms with E-state index in [0.717, 1.165) is 12.2 Å². The van der Waals surface area contributed by atoms with Gasteiger partial charge in [0.25, 0.3) is 0 Å². The average Bonchev–Trinajstić information content (AvgIpc) is 2.92. The average molecular weight is 316 g/mol. The largest absolute Gasteiger partial charge is 0.492 e. The van der Waals surface area contributed by atoms with Gasteiger partial charge in [0.15, 0.2) is 0 Å². The summed E-state index contributed by atoms with van der Waals surface area (Å²) in [5, 5.41) is 0.419. The highest BCUT2D eigenvalue weighted by atomic mass is 32.2. The second-order valence-electron chi connectivity index (χ2n) is 4.72. The number of ether oxygens (including phenoxy) is 1. The summed E-state index contributed by atoms with van der Waals surface area (Å²) >= 11 is 1.84. The maximum Gasteiger partial charge on any atom is 0.214 e. The Balaban J connectivity index is 1.70. The van der Waals surface area contributed by atoms with Crippen LogP contribution in [0.5, 0.6) is 5.75 Å². The van der Waals surface area contributed by atoms with Crippen LogP contribution < -0.4 is 15.2 Å². The van der Waals surface area contributed by atoms with Crippen molar-refractivity contribution in [2.75, 3.05) is 30.4 Å². The molecular weight excluding hydrogens is 296 g/mol. The number of anilines is 1. The third kappa shape index (κ3) is 5.22. The predicted octanol–water partition coefficient (Wildman–Crippen LogP) is 1.46. The molecule has 112 valence electrons. The molecule has 1 heterocycles. The predicted molar refractivity (Wildman–Crippen MR) is 83.6 cm³/mol. The summed E-state index contributed by atoms with van der Waals surface area (Å²) in [6.07, 6.45) is 2.27. The molecule has 1 aliphatic rings. The van der Waals surface area contributed by atoms with Crippen LogP contribution in [0.15, 0.2) is 24.3 Å². The van der Waals surface area contributed by atoms with Crippen LogP contribution in [0.3, 0.4) is 0 Å². The highest BCUT2D eigenvalue weighted by molar-refractivity contribution is 8.00. The van der Waals surface area contributed by atoms with Crippen LogP contribution in [0.1, 0.15) is 12.8 Å².